The second-order valence-corrected chi connectivity index (χ2v) is 8.04. The average Bonchev–Trinajstić information content (AvgIpc) is 3.14. The summed E-state index contributed by atoms with van der Waals surface area (Å²) in [6.45, 7) is 0.158. The molecule has 33 heavy (non-hydrogen) atoms. The molecule has 0 saturated carbocycles. The van der Waals surface area contributed by atoms with Crippen LogP contribution in [0.1, 0.15) is 40.5 Å². The standard InChI is InChI=1S/C26H24F3NO3/c27-26(28,29)19-11-9-17(10-12-19)18(13-14-31)15-30-25(32)33-16-24-22-7-3-1-5-20(22)21-6-2-4-8-23(21)24/h1-12,18,24,31H,13-16H2,(H,30,32). The molecule has 1 amide bonds. The Balaban J connectivity index is 1.38. The molecule has 1 atom stereocenters. The number of alkyl halides is 3. The van der Waals surface area contributed by atoms with E-state index in [4.69, 9.17) is 4.74 Å². The van der Waals surface area contributed by atoms with Gasteiger partial charge in [-0.1, -0.05) is 60.7 Å². The molecule has 0 fully saturated rings. The van der Waals surface area contributed by atoms with Crippen molar-refractivity contribution in [1.29, 1.82) is 0 Å². The number of carbonyl (C=O) groups is 1. The minimum Gasteiger partial charge on any atom is -0.449 e. The monoisotopic (exact) mass is 455 g/mol. The fourth-order valence-electron chi connectivity index (χ4n) is 4.34. The van der Waals surface area contributed by atoms with E-state index in [-0.39, 0.29) is 31.6 Å². The fourth-order valence-corrected chi connectivity index (χ4v) is 4.34. The molecule has 172 valence electrons. The van der Waals surface area contributed by atoms with E-state index in [2.05, 4.69) is 17.4 Å². The second kappa shape index (κ2) is 9.67. The largest absolute Gasteiger partial charge is 0.449 e. The molecule has 4 nitrogen and oxygen atoms in total. The Hall–Kier alpha value is -3.32. The molecule has 4 rings (SSSR count). The third-order valence-electron chi connectivity index (χ3n) is 6.02. The Labute approximate surface area is 190 Å². The first-order chi connectivity index (χ1) is 15.9. The van der Waals surface area contributed by atoms with Gasteiger partial charge in [0.05, 0.1) is 5.56 Å². The van der Waals surface area contributed by atoms with Gasteiger partial charge in [-0.2, -0.15) is 13.2 Å². The van der Waals surface area contributed by atoms with Crippen LogP contribution < -0.4 is 5.32 Å². The van der Waals surface area contributed by atoms with E-state index >= 15 is 0 Å². The molecule has 0 aliphatic heterocycles. The van der Waals surface area contributed by atoms with Crippen molar-refractivity contribution in [2.45, 2.75) is 24.4 Å². The molecule has 0 heterocycles. The van der Waals surface area contributed by atoms with Gasteiger partial charge >= 0.3 is 12.3 Å². The van der Waals surface area contributed by atoms with Crippen LogP contribution in [0.5, 0.6) is 0 Å². The summed E-state index contributed by atoms with van der Waals surface area (Å²) in [7, 11) is 0. The molecular formula is C26H24F3NO3. The molecule has 1 aliphatic rings. The van der Waals surface area contributed by atoms with E-state index in [0.29, 0.717) is 12.0 Å². The maximum Gasteiger partial charge on any atom is 0.416 e. The average molecular weight is 455 g/mol. The Morgan fingerprint density at radius 2 is 1.52 bits per heavy atom. The van der Waals surface area contributed by atoms with Crippen molar-refractivity contribution in [1.82, 2.24) is 5.32 Å². The molecule has 0 saturated heterocycles. The van der Waals surface area contributed by atoms with Crippen LogP contribution in [-0.4, -0.2) is 31.0 Å². The van der Waals surface area contributed by atoms with Crippen LogP contribution in [0, 0.1) is 0 Å². The first-order valence-electron chi connectivity index (χ1n) is 10.8. The number of nitrogens with one attached hydrogen (secondary N) is 1. The Morgan fingerprint density at radius 1 is 0.939 bits per heavy atom. The van der Waals surface area contributed by atoms with Gasteiger partial charge in [-0.25, -0.2) is 4.79 Å². The van der Waals surface area contributed by atoms with Crippen molar-refractivity contribution in [3.63, 3.8) is 0 Å². The van der Waals surface area contributed by atoms with Gasteiger partial charge in [0.15, 0.2) is 0 Å². The van der Waals surface area contributed by atoms with Crippen molar-refractivity contribution < 1.29 is 27.8 Å². The van der Waals surface area contributed by atoms with Gasteiger partial charge in [0.2, 0.25) is 0 Å². The summed E-state index contributed by atoms with van der Waals surface area (Å²) >= 11 is 0. The van der Waals surface area contributed by atoms with Crippen molar-refractivity contribution in [3.05, 3.63) is 95.1 Å². The molecular weight excluding hydrogens is 431 g/mol. The number of hydrogen-bond donors (Lipinski definition) is 2. The summed E-state index contributed by atoms with van der Waals surface area (Å²) in [5, 5.41) is 12.0. The predicted octanol–water partition coefficient (Wildman–Crippen LogP) is 5.71. The number of amides is 1. The molecule has 3 aromatic rings. The molecule has 0 bridgehead atoms. The lowest BCUT2D eigenvalue weighted by Crippen LogP contribution is -2.30. The van der Waals surface area contributed by atoms with Crippen LogP contribution in [-0.2, 0) is 10.9 Å². The van der Waals surface area contributed by atoms with Gasteiger partial charge in [-0.3, -0.25) is 0 Å². The summed E-state index contributed by atoms with van der Waals surface area (Å²) < 4.78 is 43.9. The van der Waals surface area contributed by atoms with Crippen molar-refractivity contribution in [2.75, 3.05) is 19.8 Å². The Kier molecular flexibility index (Phi) is 6.70. The molecule has 7 heteroatoms. The van der Waals surface area contributed by atoms with E-state index in [0.717, 1.165) is 34.4 Å². The summed E-state index contributed by atoms with van der Waals surface area (Å²) in [4.78, 5) is 12.4. The summed E-state index contributed by atoms with van der Waals surface area (Å²) in [6, 6.07) is 20.8. The van der Waals surface area contributed by atoms with Crippen LogP contribution in [0.25, 0.3) is 11.1 Å². The molecule has 0 aromatic heterocycles. The zero-order valence-corrected chi connectivity index (χ0v) is 17.8. The third-order valence-corrected chi connectivity index (χ3v) is 6.02. The number of carbonyl (C=O) groups excluding carboxylic acids is 1. The lowest BCUT2D eigenvalue weighted by molar-refractivity contribution is -0.137. The van der Waals surface area contributed by atoms with E-state index in [1.165, 1.54) is 12.1 Å². The molecule has 2 N–H and O–H groups in total. The van der Waals surface area contributed by atoms with Gasteiger partial charge in [0.25, 0.3) is 0 Å². The summed E-state index contributed by atoms with van der Waals surface area (Å²) in [5.41, 5.74) is 4.35. The smallest absolute Gasteiger partial charge is 0.416 e. The lowest BCUT2D eigenvalue weighted by Gasteiger charge is -2.19. The van der Waals surface area contributed by atoms with Crippen molar-refractivity contribution in [3.8, 4) is 11.1 Å². The van der Waals surface area contributed by atoms with Gasteiger partial charge in [-0.05, 0) is 46.4 Å². The highest BCUT2D eigenvalue weighted by Crippen LogP contribution is 2.44. The predicted molar refractivity (Wildman–Crippen MR) is 119 cm³/mol. The van der Waals surface area contributed by atoms with Crippen LogP contribution in [0.15, 0.2) is 72.8 Å². The number of halogens is 3. The number of hydrogen-bond acceptors (Lipinski definition) is 3. The number of aliphatic hydroxyl groups excluding tert-OH is 1. The van der Waals surface area contributed by atoms with Crippen LogP contribution in [0.4, 0.5) is 18.0 Å². The number of rotatable bonds is 7. The Bertz CT molecular complexity index is 1070. The first-order valence-corrected chi connectivity index (χ1v) is 10.8. The first kappa shape index (κ1) is 22.9. The highest BCUT2D eigenvalue weighted by Gasteiger charge is 2.31. The van der Waals surface area contributed by atoms with Gasteiger partial charge < -0.3 is 15.2 Å². The second-order valence-electron chi connectivity index (χ2n) is 8.04. The van der Waals surface area contributed by atoms with Gasteiger partial charge in [0, 0.05) is 25.0 Å². The number of ether oxygens (including phenoxy) is 1. The SMILES string of the molecule is O=C(NCC(CCO)c1ccc(C(F)(F)F)cc1)OCC1c2ccccc2-c2ccccc21. The van der Waals surface area contributed by atoms with Crippen molar-refractivity contribution >= 4 is 6.09 Å². The lowest BCUT2D eigenvalue weighted by atomic mass is 9.95. The molecule has 3 aromatic carbocycles. The molecule has 0 spiro atoms. The quantitative estimate of drug-likeness (QED) is 0.480. The maximum atomic E-state index is 12.8. The number of benzene rings is 3. The van der Waals surface area contributed by atoms with Gasteiger partial charge in [-0.15, -0.1) is 0 Å². The summed E-state index contributed by atoms with van der Waals surface area (Å²) in [6.07, 6.45) is -4.72. The van der Waals surface area contributed by atoms with Crippen molar-refractivity contribution in [2.24, 2.45) is 0 Å². The number of fused-ring (bicyclic) bond motifs is 3. The van der Waals surface area contributed by atoms with Crippen LogP contribution in [0.2, 0.25) is 0 Å². The zero-order valence-electron chi connectivity index (χ0n) is 17.8. The minimum atomic E-state index is -4.41. The molecule has 0 radical (unpaired) electrons. The highest BCUT2D eigenvalue weighted by atomic mass is 19.4. The van der Waals surface area contributed by atoms with E-state index < -0.39 is 17.8 Å². The zero-order chi connectivity index (χ0) is 23.4. The normalized spacial score (nSPS) is 13.8. The maximum absolute atomic E-state index is 12.8. The van der Waals surface area contributed by atoms with E-state index in [1.54, 1.807) is 0 Å². The molecule has 1 aliphatic carbocycles. The van der Waals surface area contributed by atoms with E-state index in [9.17, 15) is 23.1 Å². The minimum absolute atomic E-state index is 0.0636. The fraction of sp³-hybridized carbons (Fsp3) is 0.269. The summed E-state index contributed by atoms with van der Waals surface area (Å²) in [5.74, 6) is -0.399. The van der Waals surface area contributed by atoms with Crippen LogP contribution >= 0.6 is 0 Å². The molecule has 1 unspecified atom stereocenters. The third kappa shape index (κ3) is 5.03. The number of aliphatic hydroxyl groups is 1. The van der Waals surface area contributed by atoms with Gasteiger partial charge in [0.1, 0.15) is 6.61 Å². The topological polar surface area (TPSA) is 58.6 Å². The Morgan fingerprint density at radius 3 is 2.06 bits per heavy atom. The van der Waals surface area contributed by atoms with E-state index in [1.807, 2.05) is 36.4 Å². The number of alkyl carbamates (subject to hydrolysis) is 1. The van der Waals surface area contributed by atoms with Crippen LogP contribution in [0.3, 0.4) is 0 Å². The highest BCUT2D eigenvalue weighted by molar-refractivity contribution is 5.79.